The molecule has 1 amide bonds. The first kappa shape index (κ1) is 9.92. The molecule has 0 bridgehead atoms. The first-order valence-corrected chi connectivity index (χ1v) is 5.02. The second kappa shape index (κ2) is 4.27. The van der Waals surface area contributed by atoms with Crippen LogP contribution in [0.5, 0.6) is 0 Å². The molecule has 2 aromatic rings. The lowest BCUT2D eigenvalue weighted by Crippen LogP contribution is -2.12. The Balaban J connectivity index is 2.17. The van der Waals surface area contributed by atoms with Crippen LogP contribution in [-0.4, -0.2) is 10.9 Å². The van der Waals surface area contributed by atoms with Crippen LogP contribution in [0.3, 0.4) is 0 Å². The highest BCUT2D eigenvalue weighted by Gasteiger charge is 2.10. The molecule has 0 saturated carbocycles. The first-order valence-electron chi connectivity index (χ1n) is 4.23. The van der Waals surface area contributed by atoms with E-state index in [0.717, 1.165) is 4.47 Å². The molecule has 2 heterocycles. The van der Waals surface area contributed by atoms with E-state index in [9.17, 15) is 4.79 Å². The Hall–Kier alpha value is -1.62. The summed E-state index contributed by atoms with van der Waals surface area (Å²) >= 11 is 3.28. The Kier molecular flexibility index (Phi) is 2.82. The number of rotatable bonds is 2. The maximum absolute atomic E-state index is 11.6. The zero-order valence-electron chi connectivity index (χ0n) is 7.61. The highest BCUT2D eigenvalue weighted by Crippen LogP contribution is 2.18. The van der Waals surface area contributed by atoms with Crippen molar-refractivity contribution in [3.05, 3.63) is 47.0 Å². The van der Waals surface area contributed by atoms with Crippen LogP contribution in [0.25, 0.3) is 0 Å². The van der Waals surface area contributed by atoms with E-state index in [4.69, 9.17) is 4.42 Å². The Morgan fingerprint density at radius 2 is 2.27 bits per heavy atom. The van der Waals surface area contributed by atoms with Crippen molar-refractivity contribution in [3.8, 4) is 0 Å². The molecule has 2 rings (SSSR count). The molecule has 0 aliphatic carbocycles. The van der Waals surface area contributed by atoms with Gasteiger partial charge in [-0.05, 0) is 40.2 Å². The fourth-order valence-electron chi connectivity index (χ4n) is 1.05. The van der Waals surface area contributed by atoms with E-state index in [1.807, 2.05) is 0 Å². The topological polar surface area (TPSA) is 55.1 Å². The molecular weight excluding hydrogens is 260 g/mol. The number of halogens is 1. The Morgan fingerprint density at radius 3 is 2.93 bits per heavy atom. The fraction of sp³-hybridized carbons (Fsp3) is 0. The number of hydrogen-bond acceptors (Lipinski definition) is 3. The lowest BCUT2D eigenvalue weighted by molar-refractivity contribution is 0.0996. The minimum atomic E-state index is -0.320. The summed E-state index contributed by atoms with van der Waals surface area (Å²) in [6, 6.07) is 6.81. The molecule has 76 valence electrons. The number of nitrogens with zero attached hydrogens (tertiary/aromatic N) is 1. The molecule has 0 aromatic carbocycles. The van der Waals surface area contributed by atoms with Gasteiger partial charge >= 0.3 is 0 Å². The van der Waals surface area contributed by atoms with Crippen molar-refractivity contribution in [1.82, 2.24) is 4.98 Å². The fourth-order valence-corrected chi connectivity index (χ4v) is 1.41. The second-order valence-corrected chi connectivity index (χ2v) is 3.62. The Morgan fingerprint density at radius 1 is 1.40 bits per heavy atom. The van der Waals surface area contributed by atoms with Crippen LogP contribution in [0.2, 0.25) is 0 Å². The van der Waals surface area contributed by atoms with Gasteiger partial charge in [0.1, 0.15) is 5.82 Å². The lowest BCUT2D eigenvalue weighted by Gasteiger charge is -2.03. The minimum absolute atomic E-state index is 0.257. The standard InChI is InChI=1S/C10H7BrN2O2/c11-7-3-1-5-12-9(7)13-10(14)8-4-2-6-15-8/h1-6H,(H,12,13,14). The number of amides is 1. The number of hydrogen-bond donors (Lipinski definition) is 1. The quantitative estimate of drug-likeness (QED) is 0.910. The number of pyridine rings is 1. The molecule has 0 aliphatic heterocycles. The summed E-state index contributed by atoms with van der Waals surface area (Å²) in [6.07, 6.45) is 3.05. The van der Waals surface area contributed by atoms with Gasteiger partial charge in [-0.3, -0.25) is 4.79 Å². The maximum Gasteiger partial charge on any atom is 0.292 e. The van der Waals surface area contributed by atoms with E-state index in [1.54, 1.807) is 30.5 Å². The zero-order valence-corrected chi connectivity index (χ0v) is 9.19. The third-order valence-corrected chi connectivity index (χ3v) is 2.38. The van der Waals surface area contributed by atoms with Crippen molar-refractivity contribution in [2.45, 2.75) is 0 Å². The third kappa shape index (κ3) is 2.24. The number of carbonyl (C=O) groups is 1. The van der Waals surface area contributed by atoms with E-state index < -0.39 is 0 Å². The number of aromatic nitrogens is 1. The monoisotopic (exact) mass is 266 g/mol. The van der Waals surface area contributed by atoms with Crippen LogP contribution in [0.15, 0.2) is 45.6 Å². The van der Waals surface area contributed by atoms with Gasteiger partial charge in [-0.15, -0.1) is 0 Å². The number of anilines is 1. The SMILES string of the molecule is O=C(Nc1ncccc1Br)c1ccco1. The van der Waals surface area contributed by atoms with Crippen LogP contribution in [-0.2, 0) is 0 Å². The van der Waals surface area contributed by atoms with Crippen molar-refractivity contribution in [2.75, 3.05) is 5.32 Å². The molecule has 0 saturated heterocycles. The molecule has 0 atom stereocenters. The van der Waals surface area contributed by atoms with E-state index in [1.165, 1.54) is 6.26 Å². The molecular formula is C10H7BrN2O2. The normalized spacial score (nSPS) is 9.93. The summed E-state index contributed by atoms with van der Waals surface area (Å²) in [5, 5.41) is 2.62. The second-order valence-electron chi connectivity index (χ2n) is 2.77. The summed E-state index contributed by atoms with van der Waals surface area (Å²) in [5.74, 6) is 0.408. The molecule has 0 radical (unpaired) electrons. The lowest BCUT2D eigenvalue weighted by atomic mass is 10.4. The van der Waals surface area contributed by atoms with Gasteiger partial charge in [0.05, 0.1) is 10.7 Å². The zero-order chi connectivity index (χ0) is 10.7. The van der Waals surface area contributed by atoms with Crippen molar-refractivity contribution in [1.29, 1.82) is 0 Å². The van der Waals surface area contributed by atoms with Gasteiger partial charge in [-0.25, -0.2) is 4.98 Å². The highest BCUT2D eigenvalue weighted by molar-refractivity contribution is 9.10. The average molecular weight is 267 g/mol. The number of nitrogens with one attached hydrogen (secondary N) is 1. The van der Waals surface area contributed by atoms with Gasteiger partial charge in [0.15, 0.2) is 5.76 Å². The minimum Gasteiger partial charge on any atom is -0.459 e. The largest absolute Gasteiger partial charge is 0.459 e. The summed E-state index contributed by atoms with van der Waals surface area (Å²) in [5.41, 5.74) is 0. The van der Waals surface area contributed by atoms with Crippen LogP contribution in [0.4, 0.5) is 5.82 Å². The van der Waals surface area contributed by atoms with Crippen molar-refractivity contribution in [2.24, 2.45) is 0 Å². The molecule has 2 aromatic heterocycles. The van der Waals surface area contributed by atoms with Crippen LogP contribution < -0.4 is 5.32 Å². The third-order valence-electron chi connectivity index (χ3n) is 1.74. The average Bonchev–Trinajstić information content (AvgIpc) is 2.74. The molecule has 0 unspecified atom stereocenters. The molecule has 1 N–H and O–H groups in total. The smallest absolute Gasteiger partial charge is 0.292 e. The predicted molar refractivity (Wildman–Crippen MR) is 58.6 cm³/mol. The summed E-state index contributed by atoms with van der Waals surface area (Å²) in [6.45, 7) is 0. The molecule has 0 fully saturated rings. The van der Waals surface area contributed by atoms with E-state index >= 15 is 0 Å². The van der Waals surface area contributed by atoms with Gasteiger partial charge < -0.3 is 9.73 Å². The van der Waals surface area contributed by atoms with E-state index in [-0.39, 0.29) is 11.7 Å². The van der Waals surface area contributed by atoms with Crippen molar-refractivity contribution in [3.63, 3.8) is 0 Å². The van der Waals surface area contributed by atoms with Crippen molar-refractivity contribution < 1.29 is 9.21 Å². The van der Waals surface area contributed by atoms with Crippen LogP contribution in [0.1, 0.15) is 10.6 Å². The molecule has 0 spiro atoms. The molecule has 5 heteroatoms. The van der Waals surface area contributed by atoms with E-state index in [0.29, 0.717) is 5.82 Å². The van der Waals surface area contributed by atoms with Gasteiger partial charge in [0.25, 0.3) is 5.91 Å². The number of furan rings is 1. The predicted octanol–water partition coefficient (Wildman–Crippen LogP) is 2.69. The number of carbonyl (C=O) groups excluding carboxylic acids is 1. The van der Waals surface area contributed by atoms with Crippen LogP contribution >= 0.6 is 15.9 Å². The Bertz CT molecular complexity index is 468. The molecule has 4 nitrogen and oxygen atoms in total. The maximum atomic E-state index is 11.6. The summed E-state index contributed by atoms with van der Waals surface area (Å²) < 4.78 is 5.68. The molecule has 15 heavy (non-hydrogen) atoms. The van der Waals surface area contributed by atoms with E-state index in [2.05, 4.69) is 26.2 Å². The Labute approximate surface area is 94.4 Å². The van der Waals surface area contributed by atoms with Gasteiger partial charge in [0, 0.05) is 6.20 Å². The van der Waals surface area contributed by atoms with Gasteiger partial charge in [0.2, 0.25) is 0 Å². The summed E-state index contributed by atoms with van der Waals surface area (Å²) in [4.78, 5) is 15.6. The van der Waals surface area contributed by atoms with Crippen molar-refractivity contribution >= 4 is 27.7 Å². The van der Waals surface area contributed by atoms with Gasteiger partial charge in [-0.2, -0.15) is 0 Å². The molecule has 0 aliphatic rings. The van der Waals surface area contributed by atoms with Gasteiger partial charge in [-0.1, -0.05) is 0 Å². The highest BCUT2D eigenvalue weighted by atomic mass is 79.9. The summed E-state index contributed by atoms with van der Waals surface area (Å²) in [7, 11) is 0. The first-order chi connectivity index (χ1) is 7.27. The van der Waals surface area contributed by atoms with Crippen LogP contribution in [0, 0.1) is 0 Å².